The Labute approximate surface area is 109 Å². The Kier molecular flexibility index (Phi) is 2.88. The summed E-state index contributed by atoms with van der Waals surface area (Å²) in [5.41, 5.74) is 0.790. The molecule has 98 valence electrons. The molecule has 7 nitrogen and oxygen atoms in total. The maximum atomic E-state index is 9.15. The van der Waals surface area contributed by atoms with E-state index in [1.165, 1.54) is 12.6 Å². The smallest absolute Gasteiger partial charge is 0.297 e. The van der Waals surface area contributed by atoms with E-state index >= 15 is 0 Å². The molecule has 3 heterocycles. The zero-order valence-electron chi connectivity index (χ0n) is 10.0. The van der Waals surface area contributed by atoms with Crippen LogP contribution in [0, 0.1) is 0 Å². The fourth-order valence-corrected chi connectivity index (χ4v) is 1.91. The van der Waals surface area contributed by atoms with Crippen LogP contribution >= 0.6 is 0 Å². The van der Waals surface area contributed by atoms with E-state index in [1.54, 1.807) is 35.5 Å². The van der Waals surface area contributed by atoms with Gasteiger partial charge in [-0.25, -0.2) is 9.67 Å². The number of aromatic nitrogens is 4. The molecule has 7 heteroatoms. The van der Waals surface area contributed by atoms with Crippen LogP contribution in [0.2, 0.25) is 0 Å². The van der Waals surface area contributed by atoms with Gasteiger partial charge in [-0.2, -0.15) is 5.10 Å². The van der Waals surface area contributed by atoms with Gasteiger partial charge in [0, 0.05) is 18.0 Å². The molecule has 1 unspecified atom stereocenters. The highest BCUT2D eigenvalue weighted by molar-refractivity contribution is 5.20. The van der Waals surface area contributed by atoms with E-state index in [1.807, 2.05) is 0 Å². The minimum atomic E-state index is -1.05. The second kappa shape index (κ2) is 4.69. The van der Waals surface area contributed by atoms with E-state index in [4.69, 9.17) is 14.6 Å². The molecule has 1 atom stereocenters. The van der Waals surface area contributed by atoms with Crippen LogP contribution < -0.4 is 0 Å². The van der Waals surface area contributed by atoms with Gasteiger partial charge in [0.25, 0.3) is 5.79 Å². The molecule has 1 aliphatic heterocycles. The number of pyridine rings is 1. The normalized spacial score (nSPS) is 21.6. The molecule has 2 aromatic rings. The quantitative estimate of drug-likeness (QED) is 0.857. The predicted octanol–water partition coefficient (Wildman–Crippen LogP) is 0.407. The highest BCUT2D eigenvalue weighted by Crippen LogP contribution is 2.36. The van der Waals surface area contributed by atoms with Crippen LogP contribution in [0.3, 0.4) is 0 Å². The van der Waals surface area contributed by atoms with Gasteiger partial charge in [-0.3, -0.25) is 4.98 Å². The summed E-state index contributed by atoms with van der Waals surface area (Å²) in [7, 11) is 0. The molecule has 0 saturated heterocycles. The van der Waals surface area contributed by atoms with E-state index in [2.05, 4.69) is 15.1 Å². The van der Waals surface area contributed by atoms with Gasteiger partial charge in [-0.15, -0.1) is 0 Å². The summed E-state index contributed by atoms with van der Waals surface area (Å²) < 4.78 is 13.0. The summed E-state index contributed by atoms with van der Waals surface area (Å²) in [5, 5.41) is 13.2. The van der Waals surface area contributed by atoms with Crippen molar-refractivity contribution >= 4 is 0 Å². The second-order valence-electron chi connectivity index (χ2n) is 4.04. The third kappa shape index (κ3) is 2.15. The lowest BCUT2D eigenvalue weighted by Crippen LogP contribution is -2.33. The molecule has 1 aliphatic rings. The summed E-state index contributed by atoms with van der Waals surface area (Å²) in [6.45, 7) is 0.0984. The van der Waals surface area contributed by atoms with E-state index < -0.39 is 5.79 Å². The summed E-state index contributed by atoms with van der Waals surface area (Å²) >= 11 is 0. The molecule has 0 fully saturated rings. The zero-order chi connectivity index (χ0) is 13.1. The molecule has 0 bridgehead atoms. The topological polar surface area (TPSA) is 82.3 Å². The SMILES string of the molecule is OCC1=COC(Cn2cncn2)(c2ccncc2)O1. The lowest BCUT2D eigenvalue weighted by molar-refractivity contribution is -0.171. The average molecular weight is 260 g/mol. The number of hydrogen-bond acceptors (Lipinski definition) is 6. The number of rotatable bonds is 4. The third-order valence-electron chi connectivity index (χ3n) is 2.79. The molecule has 0 spiro atoms. The number of hydrogen-bond donors (Lipinski definition) is 1. The maximum Gasteiger partial charge on any atom is 0.297 e. The van der Waals surface area contributed by atoms with Crippen molar-refractivity contribution in [2.45, 2.75) is 12.3 Å². The molecular formula is C12H12N4O3. The van der Waals surface area contributed by atoms with E-state index in [9.17, 15) is 0 Å². The fourth-order valence-electron chi connectivity index (χ4n) is 1.91. The number of aliphatic hydroxyl groups is 1. The largest absolute Gasteiger partial charge is 0.451 e. The summed E-state index contributed by atoms with van der Waals surface area (Å²) in [6, 6.07) is 3.59. The fraction of sp³-hybridized carbons (Fsp3) is 0.250. The monoisotopic (exact) mass is 260 g/mol. The van der Waals surface area contributed by atoms with Gasteiger partial charge in [-0.05, 0) is 12.1 Å². The maximum absolute atomic E-state index is 9.15. The second-order valence-corrected chi connectivity index (χ2v) is 4.04. The molecule has 0 aromatic carbocycles. The van der Waals surface area contributed by atoms with E-state index in [-0.39, 0.29) is 6.61 Å². The molecule has 19 heavy (non-hydrogen) atoms. The van der Waals surface area contributed by atoms with E-state index in [0.717, 1.165) is 5.56 Å². The van der Waals surface area contributed by atoms with Gasteiger partial charge < -0.3 is 14.6 Å². The Bertz CT molecular complexity index is 570. The Morgan fingerprint density at radius 3 is 2.74 bits per heavy atom. The third-order valence-corrected chi connectivity index (χ3v) is 2.79. The predicted molar refractivity (Wildman–Crippen MR) is 63.3 cm³/mol. The standard InChI is InChI=1S/C12H12N4O3/c17-5-11-6-18-12(19-11,7-16-9-14-8-15-16)10-1-3-13-4-2-10/h1-4,6,8-9,17H,5,7H2. The zero-order valence-corrected chi connectivity index (χ0v) is 10.0. The first-order valence-corrected chi connectivity index (χ1v) is 5.72. The minimum Gasteiger partial charge on any atom is -0.451 e. The van der Waals surface area contributed by atoms with Crippen LogP contribution in [0.4, 0.5) is 0 Å². The molecule has 0 amide bonds. The van der Waals surface area contributed by atoms with Crippen LogP contribution in [-0.4, -0.2) is 31.5 Å². The van der Waals surface area contributed by atoms with Gasteiger partial charge >= 0.3 is 0 Å². The summed E-state index contributed by atoms with van der Waals surface area (Å²) in [6.07, 6.45) is 7.74. The van der Waals surface area contributed by atoms with Crippen molar-refractivity contribution < 1.29 is 14.6 Å². The van der Waals surface area contributed by atoms with Crippen molar-refractivity contribution in [2.24, 2.45) is 0 Å². The first kappa shape index (κ1) is 11.7. The van der Waals surface area contributed by atoms with Crippen molar-refractivity contribution in [2.75, 3.05) is 6.61 Å². The van der Waals surface area contributed by atoms with Crippen molar-refractivity contribution in [3.63, 3.8) is 0 Å². The molecule has 3 rings (SSSR count). The van der Waals surface area contributed by atoms with Crippen LogP contribution in [0.5, 0.6) is 0 Å². The highest BCUT2D eigenvalue weighted by Gasteiger charge is 2.41. The molecular weight excluding hydrogens is 248 g/mol. The Hall–Kier alpha value is -2.41. The van der Waals surface area contributed by atoms with Crippen molar-refractivity contribution in [1.82, 2.24) is 19.7 Å². The lowest BCUT2D eigenvalue weighted by Gasteiger charge is -2.28. The van der Waals surface area contributed by atoms with Crippen molar-refractivity contribution in [1.29, 1.82) is 0 Å². The van der Waals surface area contributed by atoms with Crippen LogP contribution in [0.15, 0.2) is 49.2 Å². The van der Waals surface area contributed by atoms with Gasteiger partial charge in [0.1, 0.15) is 32.1 Å². The summed E-state index contributed by atoms with van der Waals surface area (Å²) in [5.74, 6) is -0.675. The first-order valence-electron chi connectivity index (χ1n) is 5.72. The molecule has 0 radical (unpaired) electrons. The van der Waals surface area contributed by atoms with Crippen molar-refractivity contribution in [3.8, 4) is 0 Å². The number of aliphatic hydroxyl groups excluding tert-OH is 1. The molecule has 0 aliphatic carbocycles. The van der Waals surface area contributed by atoms with Crippen LogP contribution in [0.1, 0.15) is 5.56 Å². The Morgan fingerprint density at radius 1 is 1.26 bits per heavy atom. The molecule has 0 saturated carbocycles. The highest BCUT2D eigenvalue weighted by atomic mass is 16.7. The number of nitrogens with zero attached hydrogens (tertiary/aromatic N) is 4. The number of ether oxygens (including phenoxy) is 2. The first-order chi connectivity index (χ1) is 9.32. The molecule has 1 N–H and O–H groups in total. The Morgan fingerprint density at radius 2 is 2.11 bits per heavy atom. The average Bonchev–Trinajstić information content (AvgIpc) is 3.10. The molecule has 2 aromatic heterocycles. The summed E-state index contributed by atoms with van der Waals surface area (Å²) in [4.78, 5) is 7.86. The van der Waals surface area contributed by atoms with Gasteiger partial charge in [0.05, 0.1) is 0 Å². The van der Waals surface area contributed by atoms with Gasteiger partial charge in [0.15, 0.2) is 5.76 Å². The van der Waals surface area contributed by atoms with Gasteiger partial charge in [0.2, 0.25) is 0 Å². The van der Waals surface area contributed by atoms with Crippen molar-refractivity contribution in [3.05, 3.63) is 54.8 Å². The Balaban J connectivity index is 1.93. The lowest BCUT2D eigenvalue weighted by atomic mass is 10.1. The van der Waals surface area contributed by atoms with E-state index in [0.29, 0.717) is 12.3 Å². The minimum absolute atomic E-state index is 0.218. The van der Waals surface area contributed by atoms with Crippen LogP contribution in [0.25, 0.3) is 0 Å². The van der Waals surface area contributed by atoms with Gasteiger partial charge in [-0.1, -0.05) is 0 Å². The van der Waals surface area contributed by atoms with Crippen LogP contribution in [-0.2, 0) is 21.8 Å².